The smallest absolute Gasteiger partial charge is 0.0205 e. The van der Waals surface area contributed by atoms with E-state index in [-0.39, 0.29) is 0 Å². The molecule has 1 heterocycles. The van der Waals surface area contributed by atoms with Crippen molar-refractivity contribution < 1.29 is 0 Å². The van der Waals surface area contributed by atoms with Gasteiger partial charge in [0.25, 0.3) is 0 Å². The molecule has 0 radical (unpaired) electrons. The average Bonchev–Trinajstić information content (AvgIpc) is 2.37. The quantitative estimate of drug-likeness (QED) is 0.610. The van der Waals surface area contributed by atoms with Crippen molar-refractivity contribution in [1.82, 2.24) is 5.32 Å². The molecule has 1 nitrogen and oxygen atoms in total. The van der Waals surface area contributed by atoms with Gasteiger partial charge in [-0.05, 0) is 11.1 Å². The summed E-state index contributed by atoms with van der Waals surface area (Å²) in [5, 5.41) is 3.12. The van der Waals surface area contributed by atoms with Crippen molar-refractivity contribution in [2.45, 2.75) is 26.7 Å². The second-order valence-corrected chi connectivity index (χ2v) is 2.81. The van der Waals surface area contributed by atoms with Crippen LogP contribution in [0.3, 0.4) is 0 Å². The lowest BCUT2D eigenvalue weighted by molar-refractivity contribution is 0.886. The Labute approximate surface area is 70.2 Å². The molecule has 1 heteroatoms. The molecule has 0 unspecified atom stereocenters. The van der Waals surface area contributed by atoms with Gasteiger partial charge >= 0.3 is 0 Å². The van der Waals surface area contributed by atoms with Crippen LogP contribution in [0, 0.1) is 0 Å². The molecule has 0 bridgehead atoms. The monoisotopic (exact) mass is 153 g/mol. The summed E-state index contributed by atoms with van der Waals surface area (Å²) in [7, 11) is 0. The molecule has 0 atom stereocenters. The van der Waals surface area contributed by atoms with Crippen LogP contribution in [0.25, 0.3) is 0 Å². The van der Waals surface area contributed by atoms with Crippen LogP contribution in [0.5, 0.6) is 0 Å². The zero-order valence-electron chi connectivity index (χ0n) is 7.74. The zero-order chi connectivity index (χ0) is 8.69. The fourth-order valence-electron chi connectivity index (χ4n) is 0.614. The van der Waals surface area contributed by atoms with Crippen molar-refractivity contribution in [3.05, 3.63) is 24.3 Å². The first-order valence-corrected chi connectivity index (χ1v) is 4.29. The highest BCUT2D eigenvalue weighted by atomic mass is 14.9. The van der Waals surface area contributed by atoms with Crippen LogP contribution in [0.1, 0.15) is 26.7 Å². The Morgan fingerprint density at radius 2 is 1.45 bits per heavy atom. The zero-order valence-corrected chi connectivity index (χ0v) is 7.74. The fourth-order valence-corrected chi connectivity index (χ4v) is 0.614. The fraction of sp³-hybridized carbons (Fsp3) is 0.600. The van der Waals surface area contributed by atoms with Crippen LogP contribution in [0.2, 0.25) is 0 Å². The minimum atomic E-state index is 0.929. The van der Waals surface area contributed by atoms with E-state index >= 15 is 0 Å². The van der Waals surface area contributed by atoms with Gasteiger partial charge in [0.2, 0.25) is 0 Å². The van der Waals surface area contributed by atoms with Crippen molar-refractivity contribution in [2.75, 3.05) is 13.1 Å². The Morgan fingerprint density at radius 1 is 1.09 bits per heavy atom. The Morgan fingerprint density at radius 3 is 1.55 bits per heavy atom. The molecular formula is C10H19N. The van der Waals surface area contributed by atoms with Gasteiger partial charge in [-0.2, -0.15) is 0 Å². The van der Waals surface area contributed by atoms with Gasteiger partial charge in [-0.25, -0.2) is 0 Å². The lowest BCUT2D eigenvalue weighted by atomic mass is 10.2. The summed E-state index contributed by atoms with van der Waals surface area (Å²) >= 11 is 0. The summed E-state index contributed by atoms with van der Waals surface area (Å²) in [6.07, 6.45) is 2.64. The highest BCUT2D eigenvalue weighted by molar-refractivity contribution is 5.31. The average molecular weight is 153 g/mol. The molecule has 1 fully saturated rings. The van der Waals surface area contributed by atoms with E-state index in [9.17, 15) is 0 Å². The van der Waals surface area contributed by atoms with Gasteiger partial charge in [-0.15, -0.1) is 0 Å². The third-order valence-electron chi connectivity index (χ3n) is 1.68. The summed E-state index contributed by atoms with van der Waals surface area (Å²) in [4.78, 5) is 0. The predicted octanol–water partition coefficient (Wildman–Crippen LogP) is 2.51. The molecule has 1 rings (SSSR count). The first kappa shape index (κ1) is 10.4. The van der Waals surface area contributed by atoms with Crippen molar-refractivity contribution in [3.63, 3.8) is 0 Å². The number of nitrogens with one attached hydrogen (secondary N) is 1. The van der Waals surface area contributed by atoms with Gasteiger partial charge in [0, 0.05) is 13.1 Å². The van der Waals surface area contributed by atoms with Crippen LogP contribution in [-0.2, 0) is 0 Å². The Kier molecular flexibility index (Phi) is 5.86. The maximum absolute atomic E-state index is 3.77. The van der Waals surface area contributed by atoms with Crippen molar-refractivity contribution in [2.24, 2.45) is 0 Å². The van der Waals surface area contributed by atoms with E-state index in [2.05, 4.69) is 32.3 Å². The van der Waals surface area contributed by atoms with Gasteiger partial charge in [0.05, 0.1) is 0 Å². The van der Waals surface area contributed by atoms with E-state index in [1.807, 2.05) is 0 Å². The van der Waals surface area contributed by atoms with Crippen molar-refractivity contribution >= 4 is 0 Å². The molecule has 1 saturated heterocycles. The number of rotatable bonds is 1. The Hall–Kier alpha value is -0.560. The largest absolute Gasteiger partial charge is 0.309 e. The van der Waals surface area contributed by atoms with Crippen LogP contribution in [0.15, 0.2) is 24.3 Å². The summed E-state index contributed by atoms with van der Waals surface area (Å²) in [6.45, 7) is 13.8. The minimum absolute atomic E-state index is 0.929. The maximum Gasteiger partial charge on any atom is 0.0205 e. The Balaban J connectivity index is 0.000000218. The second kappa shape index (κ2) is 6.17. The SMILES string of the molecule is C=C1CNCC1=C.CCCC. The lowest BCUT2D eigenvalue weighted by Crippen LogP contribution is -2.04. The van der Waals surface area contributed by atoms with Gasteiger partial charge in [-0.1, -0.05) is 39.8 Å². The van der Waals surface area contributed by atoms with Gasteiger partial charge < -0.3 is 5.32 Å². The molecule has 64 valence electrons. The summed E-state index contributed by atoms with van der Waals surface area (Å²) in [5.41, 5.74) is 2.31. The Bertz CT molecular complexity index is 120. The van der Waals surface area contributed by atoms with E-state index in [0.29, 0.717) is 0 Å². The summed E-state index contributed by atoms with van der Waals surface area (Å²) in [6, 6.07) is 0. The molecule has 1 N–H and O–H groups in total. The number of hydrogen-bond acceptors (Lipinski definition) is 1. The van der Waals surface area contributed by atoms with Crippen LogP contribution in [-0.4, -0.2) is 13.1 Å². The predicted molar refractivity (Wildman–Crippen MR) is 51.7 cm³/mol. The molecule has 1 aliphatic heterocycles. The first-order valence-electron chi connectivity index (χ1n) is 4.29. The number of hydrogen-bond donors (Lipinski definition) is 1. The van der Waals surface area contributed by atoms with Gasteiger partial charge in [0.15, 0.2) is 0 Å². The molecular weight excluding hydrogens is 134 g/mol. The molecule has 0 saturated carbocycles. The van der Waals surface area contributed by atoms with E-state index < -0.39 is 0 Å². The third-order valence-corrected chi connectivity index (χ3v) is 1.68. The molecule has 1 aliphatic rings. The highest BCUT2D eigenvalue weighted by Crippen LogP contribution is 2.07. The third kappa shape index (κ3) is 4.79. The maximum atomic E-state index is 3.77. The van der Waals surface area contributed by atoms with Gasteiger partial charge in [-0.3, -0.25) is 0 Å². The topological polar surface area (TPSA) is 12.0 Å². The minimum Gasteiger partial charge on any atom is -0.309 e. The van der Waals surface area contributed by atoms with E-state index in [0.717, 1.165) is 24.2 Å². The molecule has 0 aromatic rings. The summed E-state index contributed by atoms with van der Waals surface area (Å²) in [5.74, 6) is 0. The van der Waals surface area contributed by atoms with Crippen molar-refractivity contribution in [1.29, 1.82) is 0 Å². The normalized spacial score (nSPS) is 16.2. The summed E-state index contributed by atoms with van der Waals surface area (Å²) < 4.78 is 0. The molecule has 0 aromatic heterocycles. The molecule has 0 aliphatic carbocycles. The lowest BCUT2D eigenvalue weighted by Gasteiger charge is -1.85. The standard InChI is InChI=1S/C6H9N.C4H10/c1-5-3-7-4-6(5)2;1-3-4-2/h7H,1-4H2;3-4H2,1-2H3. The van der Waals surface area contributed by atoms with E-state index in [1.165, 1.54) is 12.8 Å². The molecule has 0 amide bonds. The van der Waals surface area contributed by atoms with Gasteiger partial charge in [0.1, 0.15) is 0 Å². The molecule has 0 spiro atoms. The van der Waals surface area contributed by atoms with Crippen LogP contribution in [0.4, 0.5) is 0 Å². The first-order chi connectivity index (χ1) is 5.22. The van der Waals surface area contributed by atoms with Crippen LogP contribution >= 0.6 is 0 Å². The van der Waals surface area contributed by atoms with Crippen molar-refractivity contribution in [3.8, 4) is 0 Å². The van der Waals surface area contributed by atoms with E-state index in [4.69, 9.17) is 0 Å². The second-order valence-electron chi connectivity index (χ2n) is 2.81. The number of unbranched alkanes of at least 4 members (excludes halogenated alkanes) is 1. The molecule has 11 heavy (non-hydrogen) atoms. The molecule has 0 aromatic carbocycles. The van der Waals surface area contributed by atoms with E-state index in [1.54, 1.807) is 0 Å². The van der Waals surface area contributed by atoms with Crippen LogP contribution < -0.4 is 5.32 Å². The highest BCUT2D eigenvalue weighted by Gasteiger charge is 2.05.